The summed E-state index contributed by atoms with van der Waals surface area (Å²) in [5.74, 6) is -2.39. The standard InChI is InChI=1S/C26H43NO20/c1-5-10(30)13(33)15(35)24(41-5)46-20-14(34)16(36)25(47-21(20)22(38)39)45-19-11(31)6(2)42-26(17(19)37)44-18-8(4-28)43-23(40)9(12(18)32)27-7(3)29/h5-6,8-21,23-26,28,30-37,40H,4H2,1-3H3,(H,27,29)(H,38,39)/t5-,6-,8+,9+,10-,11-,12+,13+,14+,15+,16+,17+,18+,19+,20-,21-,23+,24-,25+,26+/m0/s1. The highest BCUT2D eigenvalue weighted by Crippen LogP contribution is 2.34. The Balaban J connectivity index is 1.49. The molecule has 272 valence electrons. The van der Waals surface area contributed by atoms with Crippen molar-refractivity contribution in [2.45, 2.75) is 144 Å². The first-order chi connectivity index (χ1) is 22.0. The van der Waals surface area contributed by atoms with Gasteiger partial charge in [-0.3, -0.25) is 4.79 Å². The van der Waals surface area contributed by atoms with Gasteiger partial charge in [-0.1, -0.05) is 0 Å². The second kappa shape index (κ2) is 15.4. The summed E-state index contributed by atoms with van der Waals surface area (Å²) in [5.41, 5.74) is 0. The van der Waals surface area contributed by atoms with Crippen molar-refractivity contribution in [3.8, 4) is 0 Å². The second-order valence-corrected chi connectivity index (χ2v) is 11.9. The minimum Gasteiger partial charge on any atom is -0.479 e. The Morgan fingerprint density at radius 2 is 1.13 bits per heavy atom. The van der Waals surface area contributed by atoms with Gasteiger partial charge in [0, 0.05) is 6.92 Å². The average Bonchev–Trinajstić information content (AvgIpc) is 3.01. The zero-order valence-electron chi connectivity index (χ0n) is 25.3. The van der Waals surface area contributed by atoms with Gasteiger partial charge in [0.2, 0.25) is 5.91 Å². The number of hydrogen-bond donors (Lipinski definition) is 12. The minimum atomic E-state index is -2.12. The van der Waals surface area contributed by atoms with E-state index in [1.165, 1.54) is 13.8 Å². The van der Waals surface area contributed by atoms with Gasteiger partial charge in [-0.2, -0.15) is 0 Å². The van der Waals surface area contributed by atoms with Crippen molar-refractivity contribution >= 4 is 11.9 Å². The quantitative estimate of drug-likeness (QED) is 0.107. The van der Waals surface area contributed by atoms with Crippen molar-refractivity contribution in [3.63, 3.8) is 0 Å². The summed E-state index contributed by atoms with van der Waals surface area (Å²) in [4.78, 5) is 23.7. The molecule has 0 aliphatic carbocycles. The normalized spacial score (nSPS) is 50.9. The predicted molar refractivity (Wildman–Crippen MR) is 143 cm³/mol. The summed E-state index contributed by atoms with van der Waals surface area (Å²) < 4.78 is 38.1. The second-order valence-electron chi connectivity index (χ2n) is 11.9. The molecule has 0 aromatic heterocycles. The van der Waals surface area contributed by atoms with E-state index in [4.69, 9.17) is 33.2 Å². The molecule has 47 heavy (non-hydrogen) atoms. The Bertz CT molecular complexity index is 1070. The molecule has 4 heterocycles. The van der Waals surface area contributed by atoms with Gasteiger partial charge in [-0.05, 0) is 13.8 Å². The Morgan fingerprint density at radius 3 is 1.70 bits per heavy atom. The van der Waals surface area contributed by atoms with Crippen LogP contribution in [0, 0.1) is 0 Å². The lowest BCUT2D eigenvalue weighted by Gasteiger charge is -2.48. The fourth-order valence-corrected chi connectivity index (χ4v) is 5.80. The highest BCUT2D eigenvalue weighted by Gasteiger charge is 2.56. The van der Waals surface area contributed by atoms with E-state index >= 15 is 0 Å². The van der Waals surface area contributed by atoms with Crippen LogP contribution in [0.5, 0.6) is 0 Å². The highest BCUT2D eigenvalue weighted by molar-refractivity contribution is 5.73. The Labute approximate surface area is 266 Å². The topological polar surface area (TPSA) is 333 Å². The van der Waals surface area contributed by atoms with Gasteiger partial charge >= 0.3 is 5.97 Å². The number of aliphatic hydroxyl groups is 10. The van der Waals surface area contributed by atoms with Crippen LogP contribution in [0.25, 0.3) is 0 Å². The molecular weight excluding hydrogens is 646 g/mol. The van der Waals surface area contributed by atoms with E-state index in [0.29, 0.717) is 0 Å². The maximum atomic E-state index is 12.1. The average molecular weight is 690 g/mol. The van der Waals surface area contributed by atoms with E-state index in [2.05, 4.69) is 5.32 Å². The Hall–Kier alpha value is -1.74. The van der Waals surface area contributed by atoms with Crippen LogP contribution in [0.15, 0.2) is 0 Å². The molecule has 0 aromatic carbocycles. The summed E-state index contributed by atoms with van der Waals surface area (Å²) in [6, 6.07) is -1.43. The lowest BCUT2D eigenvalue weighted by atomic mass is 9.95. The van der Waals surface area contributed by atoms with Crippen molar-refractivity contribution in [2.24, 2.45) is 0 Å². The van der Waals surface area contributed by atoms with Gasteiger partial charge in [-0.25, -0.2) is 4.79 Å². The number of carbonyl (C=O) groups is 2. The Morgan fingerprint density at radius 1 is 0.617 bits per heavy atom. The van der Waals surface area contributed by atoms with Crippen molar-refractivity contribution in [1.29, 1.82) is 0 Å². The SMILES string of the molecule is CC(=O)N[C@@H]1[C@@H](O)[C@H](O[C@H]2O[C@@H](C)[C@H](O)[C@@H](O[C@@H]3O[C@H](C(=O)O)[C@@H](O[C@@H]4O[C@@H](C)[C@H](O)[C@@H](O)[C@H]4O)[C@H](O)[C@H]3O)[C@H]2O)[C@@H](CO)O[C@H]1O. The van der Waals surface area contributed by atoms with Crippen molar-refractivity contribution in [1.82, 2.24) is 5.32 Å². The Kier molecular flexibility index (Phi) is 12.5. The number of carbonyl (C=O) groups excluding carboxylic acids is 1. The summed E-state index contributed by atoms with van der Waals surface area (Å²) in [6.45, 7) is 2.96. The molecule has 4 saturated heterocycles. The van der Waals surface area contributed by atoms with Crippen molar-refractivity contribution in [3.05, 3.63) is 0 Å². The molecule has 0 aromatic rings. The van der Waals surface area contributed by atoms with Crippen molar-refractivity contribution in [2.75, 3.05) is 6.61 Å². The first-order valence-corrected chi connectivity index (χ1v) is 14.8. The number of amides is 1. The van der Waals surface area contributed by atoms with E-state index in [9.17, 15) is 65.8 Å². The fraction of sp³-hybridized carbons (Fsp3) is 0.923. The molecule has 0 unspecified atom stereocenters. The highest BCUT2D eigenvalue weighted by atomic mass is 16.8. The monoisotopic (exact) mass is 689 g/mol. The molecule has 0 saturated carbocycles. The van der Waals surface area contributed by atoms with Gasteiger partial charge < -0.3 is 94.6 Å². The molecule has 21 heteroatoms. The first kappa shape index (κ1) is 38.1. The van der Waals surface area contributed by atoms with Gasteiger partial charge in [0.1, 0.15) is 79.3 Å². The van der Waals surface area contributed by atoms with Crippen LogP contribution in [0.2, 0.25) is 0 Å². The van der Waals surface area contributed by atoms with E-state index < -0.39 is 141 Å². The van der Waals surface area contributed by atoms with E-state index in [0.717, 1.165) is 6.92 Å². The molecule has 4 aliphatic heterocycles. The van der Waals surface area contributed by atoms with E-state index in [1.807, 2.05) is 0 Å². The number of ether oxygens (including phenoxy) is 7. The van der Waals surface area contributed by atoms with Gasteiger partial charge in [0.05, 0.1) is 18.8 Å². The molecular formula is C26H43NO20. The van der Waals surface area contributed by atoms with Gasteiger partial charge in [0.25, 0.3) is 0 Å². The lowest BCUT2D eigenvalue weighted by Crippen LogP contribution is -2.68. The molecule has 4 fully saturated rings. The first-order valence-electron chi connectivity index (χ1n) is 14.8. The maximum Gasteiger partial charge on any atom is 0.335 e. The number of carboxylic acids is 1. The summed E-state index contributed by atoms with van der Waals surface area (Å²) >= 11 is 0. The smallest absolute Gasteiger partial charge is 0.335 e. The third kappa shape index (κ3) is 7.86. The molecule has 4 aliphatic rings. The van der Waals surface area contributed by atoms with E-state index in [-0.39, 0.29) is 0 Å². The molecule has 20 atom stereocenters. The third-order valence-electron chi connectivity index (χ3n) is 8.49. The molecule has 21 nitrogen and oxygen atoms in total. The van der Waals surface area contributed by atoms with Crippen LogP contribution in [0.4, 0.5) is 0 Å². The fourth-order valence-electron chi connectivity index (χ4n) is 5.80. The van der Waals surface area contributed by atoms with Crippen LogP contribution < -0.4 is 5.32 Å². The zero-order chi connectivity index (χ0) is 35.1. The van der Waals surface area contributed by atoms with Crippen LogP contribution in [0.3, 0.4) is 0 Å². The van der Waals surface area contributed by atoms with Crippen LogP contribution in [0.1, 0.15) is 20.8 Å². The number of hydrogen-bond acceptors (Lipinski definition) is 19. The van der Waals surface area contributed by atoms with Crippen molar-refractivity contribution < 1.29 is 98.9 Å². The molecule has 4 rings (SSSR count). The summed E-state index contributed by atoms with van der Waals surface area (Å²) in [5, 5.41) is 117. The molecule has 0 spiro atoms. The summed E-state index contributed by atoms with van der Waals surface area (Å²) in [6.07, 6.45) is -33.2. The zero-order valence-corrected chi connectivity index (χ0v) is 25.3. The van der Waals surface area contributed by atoms with Gasteiger partial charge in [0.15, 0.2) is 31.3 Å². The van der Waals surface area contributed by atoms with Crippen LogP contribution >= 0.6 is 0 Å². The molecule has 1 amide bonds. The number of aliphatic hydroxyl groups excluding tert-OH is 10. The maximum absolute atomic E-state index is 12.1. The van der Waals surface area contributed by atoms with Gasteiger partial charge in [-0.15, -0.1) is 0 Å². The largest absolute Gasteiger partial charge is 0.479 e. The lowest BCUT2D eigenvalue weighted by molar-refractivity contribution is -0.380. The minimum absolute atomic E-state index is 0.647. The number of carboxylic acid groups (broad SMARTS) is 1. The van der Waals surface area contributed by atoms with Crippen LogP contribution in [-0.2, 0) is 42.7 Å². The molecule has 0 radical (unpaired) electrons. The predicted octanol–water partition coefficient (Wildman–Crippen LogP) is -7.46. The molecule has 12 N–H and O–H groups in total. The number of nitrogens with one attached hydrogen (secondary N) is 1. The summed E-state index contributed by atoms with van der Waals surface area (Å²) in [7, 11) is 0. The third-order valence-corrected chi connectivity index (χ3v) is 8.49. The molecule has 0 bridgehead atoms. The number of rotatable bonds is 9. The number of aliphatic carboxylic acids is 1. The van der Waals surface area contributed by atoms with Crippen LogP contribution in [-0.4, -0.2) is 197 Å². The van der Waals surface area contributed by atoms with E-state index in [1.54, 1.807) is 0 Å².